The van der Waals surface area contributed by atoms with Crippen LogP contribution in [0.25, 0.3) is 98.8 Å². The lowest BCUT2D eigenvalue weighted by atomic mass is 10.0. The van der Waals surface area contributed by atoms with E-state index in [1.54, 1.807) is 0 Å². The van der Waals surface area contributed by atoms with Crippen LogP contribution < -0.4 is 4.90 Å². The Hall–Kier alpha value is -8.34. The number of hydrogen-bond donors (Lipinski definition) is 0. The van der Waals surface area contributed by atoms with E-state index < -0.39 is 0 Å². The van der Waals surface area contributed by atoms with Gasteiger partial charge < -0.3 is 18.5 Å². The lowest BCUT2D eigenvalue weighted by Crippen LogP contribution is -2.09. The second kappa shape index (κ2) is 13.6. The van der Waals surface area contributed by atoms with Gasteiger partial charge in [-0.15, -0.1) is 0 Å². The molecule has 4 nitrogen and oxygen atoms in total. The van der Waals surface area contributed by atoms with Crippen molar-refractivity contribution in [3.8, 4) is 22.5 Å². The molecule has 13 aromatic rings. The number of nitrogens with zero attached hydrogens (tertiary/aromatic N) is 3. The summed E-state index contributed by atoms with van der Waals surface area (Å²) in [6, 6.07) is 81.0. The Morgan fingerprint density at radius 1 is 0.290 bits per heavy atom. The molecule has 0 aliphatic rings. The number of fused-ring (bicyclic) bond motifs is 10. The molecule has 0 radical (unpaired) electrons. The summed E-state index contributed by atoms with van der Waals surface area (Å²) in [6.45, 7) is 0. The van der Waals surface area contributed by atoms with E-state index in [1.807, 2.05) is 12.1 Å². The van der Waals surface area contributed by atoms with Crippen LogP contribution in [-0.2, 0) is 0 Å². The topological polar surface area (TPSA) is 26.2 Å². The number of para-hydroxylation sites is 4. The van der Waals surface area contributed by atoms with Crippen LogP contribution in [-0.4, -0.2) is 9.13 Å². The highest BCUT2D eigenvalue weighted by molar-refractivity contribution is 6.14. The van der Waals surface area contributed by atoms with E-state index in [0.717, 1.165) is 61.5 Å². The van der Waals surface area contributed by atoms with E-state index in [2.05, 4.69) is 226 Å². The molecule has 3 aromatic heterocycles. The smallest absolute Gasteiger partial charge is 0.137 e. The summed E-state index contributed by atoms with van der Waals surface area (Å²) in [5.74, 6) is 0. The zero-order valence-corrected chi connectivity index (χ0v) is 33.6. The molecular formula is C58H37N3O. The number of furan rings is 1. The van der Waals surface area contributed by atoms with Gasteiger partial charge in [0.25, 0.3) is 0 Å². The van der Waals surface area contributed by atoms with Gasteiger partial charge in [-0.3, -0.25) is 0 Å². The molecule has 0 saturated heterocycles. The molecule has 0 fully saturated rings. The largest absolute Gasteiger partial charge is 0.456 e. The third-order valence-electron chi connectivity index (χ3n) is 12.7. The van der Waals surface area contributed by atoms with E-state index in [-0.39, 0.29) is 0 Å². The van der Waals surface area contributed by atoms with Crippen LogP contribution in [0.1, 0.15) is 0 Å². The van der Waals surface area contributed by atoms with E-state index in [4.69, 9.17) is 4.42 Å². The Kier molecular flexibility index (Phi) is 7.57. The quantitative estimate of drug-likeness (QED) is 0.168. The molecule has 290 valence electrons. The molecule has 0 amide bonds. The minimum absolute atomic E-state index is 0.864. The Bertz CT molecular complexity index is 3850. The van der Waals surface area contributed by atoms with Gasteiger partial charge in [0.1, 0.15) is 11.2 Å². The standard InChI is InChI=1S/C58H37N3O/c1-2-14-42(15-3-1)60-53-19-9-7-17-48(53)52-36-45(31-33-55(52)60)59(46-30-32-50-49-18-8-11-21-57(49)62-58(50)37-46)43-26-22-38(23-27-43)39-24-28-44(29-25-39)61-54-20-10-6-16-47(54)51-34-40-12-4-5-13-41(40)35-56(51)61/h1-37H. The highest BCUT2D eigenvalue weighted by Crippen LogP contribution is 2.42. The Labute approximate surface area is 357 Å². The first-order valence-electron chi connectivity index (χ1n) is 21.2. The second-order valence-corrected chi connectivity index (χ2v) is 16.2. The van der Waals surface area contributed by atoms with E-state index in [9.17, 15) is 0 Å². The van der Waals surface area contributed by atoms with Gasteiger partial charge >= 0.3 is 0 Å². The van der Waals surface area contributed by atoms with Crippen LogP contribution in [0.15, 0.2) is 229 Å². The summed E-state index contributed by atoms with van der Waals surface area (Å²) >= 11 is 0. The van der Waals surface area contributed by atoms with Gasteiger partial charge in [-0.05, 0) is 119 Å². The van der Waals surface area contributed by atoms with Gasteiger partial charge in [0.05, 0.1) is 22.1 Å². The molecule has 0 spiro atoms. The molecule has 3 heterocycles. The van der Waals surface area contributed by atoms with Crippen molar-refractivity contribution in [2.75, 3.05) is 4.90 Å². The van der Waals surface area contributed by atoms with Crippen molar-refractivity contribution in [1.29, 1.82) is 0 Å². The third kappa shape index (κ3) is 5.33. The summed E-state index contributed by atoms with van der Waals surface area (Å²) in [4.78, 5) is 2.35. The van der Waals surface area contributed by atoms with Gasteiger partial charge in [0, 0.05) is 66.8 Å². The highest BCUT2D eigenvalue weighted by atomic mass is 16.3. The SMILES string of the molecule is c1ccc(-n2c3ccccc3c3cc(N(c4ccc(-c5ccc(-n6c7ccccc7c7cc8ccccc8cc76)cc5)cc4)c4ccc5c(c4)oc4ccccc45)ccc32)cc1. The fourth-order valence-corrected chi connectivity index (χ4v) is 9.80. The van der Waals surface area contributed by atoms with Crippen molar-refractivity contribution in [2.45, 2.75) is 0 Å². The monoisotopic (exact) mass is 791 g/mol. The third-order valence-corrected chi connectivity index (χ3v) is 12.7. The van der Waals surface area contributed by atoms with Crippen molar-refractivity contribution in [3.63, 3.8) is 0 Å². The molecule has 0 atom stereocenters. The normalized spacial score (nSPS) is 11.9. The average molecular weight is 792 g/mol. The second-order valence-electron chi connectivity index (χ2n) is 16.2. The summed E-state index contributed by atoms with van der Waals surface area (Å²) < 4.78 is 11.2. The number of hydrogen-bond acceptors (Lipinski definition) is 2. The van der Waals surface area contributed by atoms with E-state index in [1.165, 1.54) is 54.4 Å². The first-order chi connectivity index (χ1) is 30.7. The maximum Gasteiger partial charge on any atom is 0.137 e. The fraction of sp³-hybridized carbons (Fsp3) is 0. The summed E-state index contributed by atoms with van der Waals surface area (Å²) in [6.07, 6.45) is 0. The lowest BCUT2D eigenvalue weighted by molar-refractivity contribution is 0.669. The molecule has 0 aliphatic heterocycles. The lowest BCUT2D eigenvalue weighted by Gasteiger charge is -2.26. The molecule has 0 N–H and O–H groups in total. The van der Waals surface area contributed by atoms with Gasteiger partial charge in [0.2, 0.25) is 0 Å². The predicted molar refractivity (Wildman–Crippen MR) is 260 cm³/mol. The minimum Gasteiger partial charge on any atom is -0.456 e. The van der Waals surface area contributed by atoms with Crippen LogP contribution in [0, 0.1) is 0 Å². The number of anilines is 3. The summed E-state index contributed by atoms with van der Waals surface area (Å²) in [7, 11) is 0. The molecular weight excluding hydrogens is 755 g/mol. The van der Waals surface area contributed by atoms with Crippen LogP contribution in [0.4, 0.5) is 17.1 Å². The minimum atomic E-state index is 0.864. The molecule has 0 saturated carbocycles. The van der Waals surface area contributed by atoms with Crippen molar-refractivity contribution >= 4 is 93.4 Å². The average Bonchev–Trinajstić information content (AvgIpc) is 3.98. The summed E-state index contributed by atoms with van der Waals surface area (Å²) in [5, 5.41) is 9.68. The summed E-state index contributed by atoms with van der Waals surface area (Å²) in [5.41, 5.74) is 14.3. The van der Waals surface area contributed by atoms with Crippen molar-refractivity contribution in [1.82, 2.24) is 9.13 Å². The fourth-order valence-electron chi connectivity index (χ4n) is 9.80. The number of benzene rings is 10. The van der Waals surface area contributed by atoms with Crippen molar-refractivity contribution in [2.24, 2.45) is 0 Å². The molecule has 0 aliphatic carbocycles. The van der Waals surface area contributed by atoms with Gasteiger partial charge in [-0.1, -0.05) is 121 Å². The molecule has 13 rings (SSSR count). The zero-order valence-electron chi connectivity index (χ0n) is 33.6. The highest BCUT2D eigenvalue weighted by Gasteiger charge is 2.20. The molecule has 0 bridgehead atoms. The zero-order chi connectivity index (χ0) is 40.7. The van der Waals surface area contributed by atoms with E-state index >= 15 is 0 Å². The van der Waals surface area contributed by atoms with Crippen LogP contribution in [0.5, 0.6) is 0 Å². The maximum atomic E-state index is 6.44. The molecule has 62 heavy (non-hydrogen) atoms. The van der Waals surface area contributed by atoms with Gasteiger partial charge in [-0.2, -0.15) is 0 Å². The van der Waals surface area contributed by atoms with Crippen molar-refractivity contribution < 1.29 is 4.42 Å². The van der Waals surface area contributed by atoms with Gasteiger partial charge in [-0.25, -0.2) is 0 Å². The Morgan fingerprint density at radius 3 is 1.53 bits per heavy atom. The Balaban J connectivity index is 0.921. The van der Waals surface area contributed by atoms with E-state index in [0.29, 0.717) is 0 Å². The first kappa shape index (κ1) is 34.5. The molecule has 4 heteroatoms. The number of aromatic nitrogens is 2. The van der Waals surface area contributed by atoms with Crippen molar-refractivity contribution in [3.05, 3.63) is 224 Å². The van der Waals surface area contributed by atoms with Crippen LogP contribution in [0.2, 0.25) is 0 Å². The predicted octanol–water partition coefficient (Wildman–Crippen LogP) is 16.1. The van der Waals surface area contributed by atoms with Crippen LogP contribution >= 0.6 is 0 Å². The van der Waals surface area contributed by atoms with Crippen LogP contribution in [0.3, 0.4) is 0 Å². The molecule has 10 aromatic carbocycles. The Morgan fingerprint density at radius 2 is 0.790 bits per heavy atom. The first-order valence-corrected chi connectivity index (χ1v) is 21.2. The molecule has 0 unspecified atom stereocenters. The maximum absolute atomic E-state index is 6.44. The number of rotatable bonds is 6. The van der Waals surface area contributed by atoms with Gasteiger partial charge in [0.15, 0.2) is 0 Å².